The standard InChI is InChI=1S/C20H11ClN2O2S/c21-15-5-3-13(4-6-15)18-8-7-16(25-18)10-14(11-22)20-23-17(12-26-20)19-2-1-9-24-19/h1-10,12H. The molecule has 126 valence electrons. The van der Waals surface area contributed by atoms with Gasteiger partial charge < -0.3 is 8.83 Å². The van der Waals surface area contributed by atoms with Gasteiger partial charge in [0, 0.05) is 22.0 Å². The summed E-state index contributed by atoms with van der Waals surface area (Å²) in [5.74, 6) is 1.97. The minimum Gasteiger partial charge on any atom is -0.463 e. The van der Waals surface area contributed by atoms with E-state index < -0.39 is 0 Å². The molecule has 0 saturated heterocycles. The summed E-state index contributed by atoms with van der Waals surface area (Å²) in [7, 11) is 0. The molecule has 0 spiro atoms. The molecule has 0 saturated carbocycles. The number of aromatic nitrogens is 1. The normalized spacial score (nSPS) is 11.5. The molecule has 3 aromatic heterocycles. The van der Waals surface area contributed by atoms with Crippen molar-refractivity contribution >= 4 is 34.6 Å². The van der Waals surface area contributed by atoms with E-state index in [1.807, 2.05) is 35.7 Å². The lowest BCUT2D eigenvalue weighted by molar-refractivity contribution is 0.572. The first-order valence-corrected chi connectivity index (χ1v) is 8.96. The van der Waals surface area contributed by atoms with Gasteiger partial charge in [0.25, 0.3) is 0 Å². The highest BCUT2D eigenvalue weighted by Crippen LogP contribution is 2.29. The van der Waals surface area contributed by atoms with Crippen LogP contribution in [0.15, 0.2) is 69.0 Å². The third-order valence-electron chi connectivity index (χ3n) is 3.67. The molecular weight excluding hydrogens is 368 g/mol. The molecule has 0 radical (unpaired) electrons. The SMILES string of the molecule is N#CC(=Cc1ccc(-c2ccc(Cl)cc2)o1)c1nc(-c2ccco2)cs1. The summed E-state index contributed by atoms with van der Waals surface area (Å²) in [6.07, 6.45) is 3.28. The van der Waals surface area contributed by atoms with Gasteiger partial charge in [-0.3, -0.25) is 0 Å². The molecule has 0 aliphatic heterocycles. The average molecular weight is 379 g/mol. The first-order chi connectivity index (χ1) is 12.7. The van der Waals surface area contributed by atoms with E-state index in [0.29, 0.717) is 38.6 Å². The highest BCUT2D eigenvalue weighted by molar-refractivity contribution is 7.11. The fourth-order valence-corrected chi connectivity index (χ4v) is 3.32. The highest BCUT2D eigenvalue weighted by atomic mass is 35.5. The van der Waals surface area contributed by atoms with Gasteiger partial charge in [-0.05, 0) is 48.5 Å². The molecule has 4 aromatic rings. The maximum atomic E-state index is 9.50. The van der Waals surface area contributed by atoms with E-state index in [4.69, 9.17) is 20.4 Å². The number of thiazole rings is 1. The van der Waals surface area contributed by atoms with E-state index in [1.165, 1.54) is 11.3 Å². The minimum atomic E-state index is 0.435. The van der Waals surface area contributed by atoms with Gasteiger partial charge in [0.1, 0.15) is 28.3 Å². The van der Waals surface area contributed by atoms with Crippen LogP contribution in [0.3, 0.4) is 0 Å². The summed E-state index contributed by atoms with van der Waals surface area (Å²) in [6.45, 7) is 0. The zero-order valence-corrected chi connectivity index (χ0v) is 14.9. The molecule has 6 heteroatoms. The quantitative estimate of drug-likeness (QED) is 0.386. The molecule has 0 N–H and O–H groups in total. The molecule has 0 fully saturated rings. The number of hydrogen-bond donors (Lipinski definition) is 0. The van der Waals surface area contributed by atoms with Crippen LogP contribution in [0.25, 0.3) is 34.4 Å². The number of nitriles is 1. The molecule has 4 rings (SSSR count). The van der Waals surface area contributed by atoms with Crippen molar-refractivity contribution in [2.45, 2.75) is 0 Å². The van der Waals surface area contributed by atoms with Crippen LogP contribution < -0.4 is 0 Å². The van der Waals surface area contributed by atoms with Gasteiger partial charge in [-0.1, -0.05) is 11.6 Å². The second-order valence-electron chi connectivity index (χ2n) is 5.39. The van der Waals surface area contributed by atoms with Gasteiger partial charge in [0.15, 0.2) is 5.76 Å². The molecule has 0 aliphatic carbocycles. The summed E-state index contributed by atoms with van der Waals surface area (Å²) in [5.41, 5.74) is 2.06. The van der Waals surface area contributed by atoms with Gasteiger partial charge in [-0.25, -0.2) is 4.98 Å². The molecule has 0 bridgehead atoms. The maximum Gasteiger partial charge on any atom is 0.153 e. The Morgan fingerprint density at radius 2 is 1.96 bits per heavy atom. The number of rotatable bonds is 4. The number of nitrogens with zero attached hydrogens (tertiary/aromatic N) is 2. The Hall–Kier alpha value is -3.07. The van der Waals surface area contributed by atoms with E-state index in [-0.39, 0.29) is 0 Å². The van der Waals surface area contributed by atoms with Crippen molar-refractivity contribution < 1.29 is 8.83 Å². The lowest BCUT2D eigenvalue weighted by atomic mass is 10.2. The van der Waals surface area contributed by atoms with Crippen LogP contribution >= 0.6 is 22.9 Å². The lowest BCUT2D eigenvalue weighted by Crippen LogP contribution is -1.81. The lowest BCUT2D eigenvalue weighted by Gasteiger charge is -1.97. The van der Waals surface area contributed by atoms with Crippen molar-refractivity contribution in [3.63, 3.8) is 0 Å². The zero-order valence-electron chi connectivity index (χ0n) is 13.3. The van der Waals surface area contributed by atoms with Crippen molar-refractivity contribution in [2.75, 3.05) is 0 Å². The highest BCUT2D eigenvalue weighted by Gasteiger charge is 2.12. The van der Waals surface area contributed by atoms with Crippen LogP contribution in [0.1, 0.15) is 10.8 Å². The summed E-state index contributed by atoms with van der Waals surface area (Å²) in [5, 5.41) is 12.6. The number of furan rings is 2. The number of allylic oxidation sites excluding steroid dienone is 1. The zero-order chi connectivity index (χ0) is 17.9. The molecule has 0 amide bonds. The molecular formula is C20H11ClN2O2S. The first-order valence-electron chi connectivity index (χ1n) is 7.70. The van der Waals surface area contributed by atoms with Gasteiger partial charge in [0.05, 0.1) is 11.8 Å². The largest absolute Gasteiger partial charge is 0.463 e. The maximum absolute atomic E-state index is 9.50. The summed E-state index contributed by atoms with van der Waals surface area (Å²) in [4.78, 5) is 4.47. The number of benzene rings is 1. The van der Waals surface area contributed by atoms with E-state index in [9.17, 15) is 5.26 Å². The molecule has 0 unspecified atom stereocenters. The number of halogens is 1. The predicted octanol–water partition coefficient (Wildman–Crippen LogP) is 6.38. The fourth-order valence-electron chi connectivity index (χ4n) is 2.42. The second-order valence-corrected chi connectivity index (χ2v) is 6.69. The molecule has 0 atom stereocenters. The molecule has 1 aromatic carbocycles. The first kappa shape index (κ1) is 16.4. The number of hydrogen-bond acceptors (Lipinski definition) is 5. The van der Waals surface area contributed by atoms with E-state index in [0.717, 1.165) is 5.56 Å². The fraction of sp³-hybridized carbons (Fsp3) is 0. The summed E-state index contributed by atoms with van der Waals surface area (Å²) >= 11 is 7.30. The third kappa shape index (κ3) is 3.33. The van der Waals surface area contributed by atoms with Crippen LogP contribution in [-0.2, 0) is 0 Å². The third-order valence-corrected chi connectivity index (χ3v) is 4.80. The summed E-state index contributed by atoms with van der Waals surface area (Å²) < 4.78 is 11.2. The molecule has 3 heterocycles. The average Bonchev–Trinajstić information content (AvgIpc) is 3.40. The van der Waals surface area contributed by atoms with Crippen molar-refractivity contribution in [3.8, 4) is 28.8 Å². The van der Waals surface area contributed by atoms with Crippen molar-refractivity contribution in [3.05, 3.63) is 76.0 Å². The second kappa shape index (κ2) is 7.04. The van der Waals surface area contributed by atoms with Crippen LogP contribution in [-0.4, -0.2) is 4.98 Å². The van der Waals surface area contributed by atoms with E-state index in [2.05, 4.69) is 11.1 Å². The van der Waals surface area contributed by atoms with Gasteiger partial charge >= 0.3 is 0 Å². The topological polar surface area (TPSA) is 63.0 Å². The van der Waals surface area contributed by atoms with Crippen molar-refractivity contribution in [1.29, 1.82) is 5.26 Å². The Morgan fingerprint density at radius 3 is 2.69 bits per heavy atom. The predicted molar refractivity (Wildman–Crippen MR) is 102 cm³/mol. The van der Waals surface area contributed by atoms with E-state index in [1.54, 1.807) is 30.5 Å². The van der Waals surface area contributed by atoms with E-state index >= 15 is 0 Å². The van der Waals surface area contributed by atoms with Crippen LogP contribution in [0, 0.1) is 11.3 Å². The van der Waals surface area contributed by atoms with Crippen molar-refractivity contribution in [1.82, 2.24) is 4.98 Å². The van der Waals surface area contributed by atoms with Gasteiger partial charge in [0.2, 0.25) is 0 Å². The Bertz CT molecular complexity index is 1100. The van der Waals surface area contributed by atoms with Crippen LogP contribution in [0.5, 0.6) is 0 Å². The molecule has 4 nitrogen and oxygen atoms in total. The Morgan fingerprint density at radius 1 is 1.12 bits per heavy atom. The minimum absolute atomic E-state index is 0.435. The molecule has 0 aliphatic rings. The van der Waals surface area contributed by atoms with Crippen LogP contribution in [0.2, 0.25) is 5.02 Å². The Kier molecular flexibility index (Phi) is 4.44. The summed E-state index contributed by atoms with van der Waals surface area (Å²) in [6, 6.07) is 16.9. The molecule has 26 heavy (non-hydrogen) atoms. The van der Waals surface area contributed by atoms with Gasteiger partial charge in [-0.15, -0.1) is 11.3 Å². The Labute approximate surface area is 158 Å². The van der Waals surface area contributed by atoms with Crippen molar-refractivity contribution in [2.24, 2.45) is 0 Å². The smallest absolute Gasteiger partial charge is 0.153 e. The Balaban J connectivity index is 1.62. The van der Waals surface area contributed by atoms with Crippen LogP contribution in [0.4, 0.5) is 0 Å². The monoisotopic (exact) mass is 378 g/mol. The van der Waals surface area contributed by atoms with Gasteiger partial charge in [-0.2, -0.15) is 5.26 Å².